The van der Waals surface area contributed by atoms with E-state index >= 15 is 0 Å². The number of ether oxygens (including phenoxy) is 4. The maximum Gasteiger partial charge on any atom is 0.308 e. The summed E-state index contributed by atoms with van der Waals surface area (Å²) in [6.45, 7) is 8.14. The van der Waals surface area contributed by atoms with Crippen molar-refractivity contribution in [1.29, 1.82) is 0 Å². The lowest BCUT2D eigenvalue weighted by molar-refractivity contribution is -0.133. The largest absolute Gasteiger partial charge is 0.490 e. The Bertz CT molecular complexity index is 829. The van der Waals surface area contributed by atoms with Crippen molar-refractivity contribution in [2.75, 3.05) is 46.7 Å². The molecule has 0 atom stereocenters. The second kappa shape index (κ2) is 12.3. The number of benzene rings is 1. The van der Waals surface area contributed by atoms with Crippen molar-refractivity contribution in [1.82, 2.24) is 9.80 Å². The number of halogens is 1. The molecule has 0 bridgehead atoms. The number of carbonyl (C=O) groups is 2. The normalized spacial score (nSPS) is 13.8. The van der Waals surface area contributed by atoms with Crippen LogP contribution in [-0.4, -0.2) is 72.7 Å². The average molecular weight is 493 g/mol. The second-order valence-corrected chi connectivity index (χ2v) is 8.19. The summed E-state index contributed by atoms with van der Waals surface area (Å²) in [4.78, 5) is 27.9. The molecule has 1 saturated heterocycles. The Morgan fingerprint density at radius 2 is 1.42 bits per heavy atom. The Labute approximate surface area is 198 Å². The summed E-state index contributed by atoms with van der Waals surface area (Å²) in [5.74, 6) is -0.00504. The molecule has 8 nitrogen and oxygen atoms in total. The zero-order valence-corrected chi connectivity index (χ0v) is 21.1. The number of hydrogen-bond acceptors (Lipinski definition) is 9. The minimum atomic E-state index is -0.483. The maximum atomic E-state index is 11.8. The Morgan fingerprint density at radius 3 is 1.87 bits per heavy atom. The van der Waals surface area contributed by atoms with Gasteiger partial charge in [0.15, 0.2) is 11.5 Å². The molecular formula is C20H29ClN2O6S2. The number of carbonyl (C=O) groups excluding carboxylic acids is 2. The van der Waals surface area contributed by atoms with Gasteiger partial charge in [-0.1, -0.05) is 12.2 Å². The highest BCUT2D eigenvalue weighted by atomic mass is 35.5. The summed E-state index contributed by atoms with van der Waals surface area (Å²) >= 11 is 6.95. The second-order valence-electron chi connectivity index (χ2n) is 6.75. The van der Waals surface area contributed by atoms with Crippen LogP contribution in [0.5, 0.6) is 23.0 Å². The molecule has 1 aromatic rings. The lowest BCUT2D eigenvalue weighted by atomic mass is 10.0. The number of thioether (sulfide) groups is 1. The van der Waals surface area contributed by atoms with Crippen LogP contribution in [0, 0.1) is 6.92 Å². The van der Waals surface area contributed by atoms with Crippen LogP contribution in [0.1, 0.15) is 25.0 Å². The van der Waals surface area contributed by atoms with E-state index in [9.17, 15) is 9.59 Å². The molecule has 1 aliphatic heterocycles. The first kappa shape index (κ1) is 27.3. The zero-order chi connectivity index (χ0) is 22.4. The standard InChI is InChI=1S/C20H28N2O6S2.ClH/c1-12-15(11-21-7-9-22(10-8-21)20(29)30-6)17(28-14(3)24)19(26-5)18(25-4)16(12)27-13(2)23;/h7-11H2,1-6H3;1H. The van der Waals surface area contributed by atoms with Crippen LogP contribution in [-0.2, 0) is 16.1 Å². The van der Waals surface area contributed by atoms with Crippen LogP contribution in [0.4, 0.5) is 0 Å². The molecule has 174 valence electrons. The minimum absolute atomic E-state index is 0. The van der Waals surface area contributed by atoms with Crippen LogP contribution < -0.4 is 18.9 Å². The zero-order valence-electron chi connectivity index (χ0n) is 18.6. The van der Waals surface area contributed by atoms with Crippen LogP contribution in [0.25, 0.3) is 0 Å². The number of hydrogen-bond donors (Lipinski definition) is 0. The van der Waals surface area contributed by atoms with E-state index in [-0.39, 0.29) is 35.4 Å². The highest BCUT2D eigenvalue weighted by Gasteiger charge is 2.30. The number of nitrogens with zero attached hydrogens (tertiary/aromatic N) is 2. The van der Waals surface area contributed by atoms with Gasteiger partial charge >= 0.3 is 11.9 Å². The van der Waals surface area contributed by atoms with Gasteiger partial charge in [-0.3, -0.25) is 14.5 Å². The van der Waals surface area contributed by atoms with Gasteiger partial charge in [0, 0.05) is 57.7 Å². The summed E-state index contributed by atoms with van der Waals surface area (Å²) in [7, 11) is 2.89. The third-order valence-corrected chi connectivity index (χ3v) is 6.14. The lowest BCUT2D eigenvalue weighted by Gasteiger charge is -2.36. The van der Waals surface area contributed by atoms with Crippen molar-refractivity contribution < 1.29 is 28.5 Å². The Hall–Kier alpha value is -1.75. The molecule has 1 aromatic carbocycles. The van der Waals surface area contributed by atoms with E-state index in [2.05, 4.69) is 9.80 Å². The molecule has 0 N–H and O–H groups in total. The predicted molar refractivity (Wildman–Crippen MR) is 127 cm³/mol. The third-order valence-electron chi connectivity index (χ3n) is 4.77. The van der Waals surface area contributed by atoms with E-state index in [4.69, 9.17) is 31.2 Å². The first-order valence-electron chi connectivity index (χ1n) is 9.42. The van der Waals surface area contributed by atoms with Crippen LogP contribution in [0.2, 0.25) is 0 Å². The average Bonchev–Trinajstić information content (AvgIpc) is 2.71. The third kappa shape index (κ3) is 6.61. The number of methoxy groups -OCH3 is 2. The number of piperazine rings is 1. The first-order valence-corrected chi connectivity index (χ1v) is 11.1. The summed E-state index contributed by atoms with van der Waals surface area (Å²) < 4.78 is 22.8. The Balaban J connectivity index is 0.00000480. The number of esters is 2. The SMILES string of the molecule is COc1c(OC(C)=O)c(C)c(CN2CCN(C(=S)SC)CC2)c(OC(C)=O)c1OC.Cl. The quantitative estimate of drug-likeness (QED) is 0.336. The van der Waals surface area contributed by atoms with Gasteiger partial charge in [-0.25, -0.2) is 0 Å². The maximum absolute atomic E-state index is 11.8. The predicted octanol–water partition coefficient (Wildman–Crippen LogP) is 3.05. The molecule has 0 spiro atoms. The lowest BCUT2D eigenvalue weighted by Crippen LogP contribution is -2.47. The van der Waals surface area contributed by atoms with E-state index < -0.39 is 11.9 Å². The van der Waals surface area contributed by atoms with Crippen molar-refractivity contribution >= 4 is 52.6 Å². The number of rotatable bonds is 6. The van der Waals surface area contributed by atoms with Crippen LogP contribution >= 0.6 is 36.4 Å². The van der Waals surface area contributed by atoms with Gasteiger partial charge in [0.05, 0.1) is 14.2 Å². The summed E-state index contributed by atoms with van der Waals surface area (Å²) in [6, 6.07) is 0. The van der Waals surface area contributed by atoms with E-state index in [1.807, 2.05) is 13.2 Å². The fourth-order valence-electron chi connectivity index (χ4n) is 3.34. The molecular weight excluding hydrogens is 464 g/mol. The van der Waals surface area contributed by atoms with E-state index in [0.29, 0.717) is 17.7 Å². The summed E-state index contributed by atoms with van der Waals surface area (Å²) in [6.07, 6.45) is 1.98. The number of thiocarbonyl (C=S) groups is 1. The molecule has 0 saturated carbocycles. The Morgan fingerprint density at radius 1 is 0.935 bits per heavy atom. The van der Waals surface area contributed by atoms with Gasteiger partial charge in [0.1, 0.15) is 4.32 Å². The molecule has 0 radical (unpaired) electrons. The van der Waals surface area contributed by atoms with E-state index in [0.717, 1.165) is 30.5 Å². The van der Waals surface area contributed by atoms with Gasteiger partial charge in [-0.15, -0.1) is 24.2 Å². The molecule has 0 aliphatic carbocycles. The summed E-state index contributed by atoms with van der Waals surface area (Å²) in [5.41, 5.74) is 1.36. The fourth-order valence-corrected chi connectivity index (χ4v) is 3.97. The van der Waals surface area contributed by atoms with E-state index in [1.54, 1.807) is 11.8 Å². The van der Waals surface area contributed by atoms with Crippen molar-refractivity contribution in [3.05, 3.63) is 11.1 Å². The smallest absolute Gasteiger partial charge is 0.308 e. The molecule has 11 heteroatoms. The topological polar surface area (TPSA) is 77.5 Å². The molecule has 1 aliphatic rings. The van der Waals surface area contributed by atoms with Crippen molar-refractivity contribution in [3.63, 3.8) is 0 Å². The fraction of sp³-hybridized carbons (Fsp3) is 0.550. The van der Waals surface area contributed by atoms with Crippen LogP contribution in [0.3, 0.4) is 0 Å². The van der Waals surface area contributed by atoms with Gasteiger partial charge in [-0.05, 0) is 13.2 Å². The molecule has 0 unspecified atom stereocenters. The Kier molecular flexibility index (Phi) is 10.9. The summed E-state index contributed by atoms with van der Waals surface area (Å²) in [5, 5.41) is 0. The van der Waals surface area contributed by atoms with Crippen molar-refractivity contribution in [2.24, 2.45) is 0 Å². The molecule has 0 amide bonds. The van der Waals surface area contributed by atoms with Gasteiger partial charge in [0.2, 0.25) is 11.5 Å². The van der Waals surface area contributed by atoms with E-state index in [1.165, 1.54) is 28.1 Å². The van der Waals surface area contributed by atoms with Gasteiger partial charge < -0.3 is 23.8 Å². The molecule has 31 heavy (non-hydrogen) atoms. The van der Waals surface area contributed by atoms with Crippen molar-refractivity contribution in [3.8, 4) is 23.0 Å². The van der Waals surface area contributed by atoms with Crippen molar-refractivity contribution in [2.45, 2.75) is 27.3 Å². The molecule has 1 fully saturated rings. The monoisotopic (exact) mass is 492 g/mol. The minimum Gasteiger partial charge on any atom is -0.490 e. The van der Waals surface area contributed by atoms with Crippen LogP contribution in [0.15, 0.2) is 0 Å². The van der Waals surface area contributed by atoms with Gasteiger partial charge in [0.25, 0.3) is 0 Å². The first-order chi connectivity index (χ1) is 14.2. The highest BCUT2D eigenvalue weighted by Crippen LogP contribution is 2.50. The molecule has 2 rings (SSSR count). The highest BCUT2D eigenvalue weighted by molar-refractivity contribution is 8.22. The van der Waals surface area contributed by atoms with Gasteiger partial charge in [-0.2, -0.15) is 0 Å². The molecule has 1 heterocycles. The molecule has 0 aromatic heterocycles.